The zero-order valence-corrected chi connectivity index (χ0v) is 7.94. The fourth-order valence-corrected chi connectivity index (χ4v) is 1.33. The van der Waals surface area contributed by atoms with Crippen LogP contribution >= 0.6 is 0 Å². The van der Waals surface area contributed by atoms with E-state index in [9.17, 15) is 0 Å². The van der Waals surface area contributed by atoms with Crippen LogP contribution in [-0.4, -0.2) is 13.2 Å². The van der Waals surface area contributed by atoms with Crippen molar-refractivity contribution >= 4 is 5.69 Å². The van der Waals surface area contributed by atoms with Crippen molar-refractivity contribution in [2.45, 2.75) is 0 Å². The lowest BCUT2D eigenvalue weighted by molar-refractivity contribution is 0.364. The van der Waals surface area contributed by atoms with E-state index in [1.54, 1.807) is 0 Å². The average molecular weight is 187 g/mol. The van der Waals surface area contributed by atoms with E-state index in [-0.39, 0.29) is 0 Å². The van der Waals surface area contributed by atoms with Crippen LogP contribution in [0.2, 0.25) is 0 Å². The summed E-state index contributed by atoms with van der Waals surface area (Å²) in [5.74, 6) is 0.910. The third kappa shape index (κ3) is 2.16. The first kappa shape index (κ1) is 8.88. The van der Waals surface area contributed by atoms with Crippen LogP contribution < -0.4 is 10.1 Å². The molecule has 0 aromatic heterocycles. The molecule has 72 valence electrons. The molecule has 0 fully saturated rings. The van der Waals surface area contributed by atoms with E-state index in [0.29, 0.717) is 6.61 Å². The molecular weight excluding hydrogens is 174 g/mol. The molecule has 0 amide bonds. The Morgan fingerprint density at radius 2 is 1.93 bits per heavy atom. The molecular formula is C12H13NO. The van der Waals surface area contributed by atoms with Crippen LogP contribution in [0.1, 0.15) is 0 Å². The predicted octanol–water partition coefficient (Wildman–Crippen LogP) is 2.60. The minimum absolute atomic E-state index is 0.614. The molecule has 1 aliphatic heterocycles. The number of hydrogen-bond donors (Lipinski definition) is 1. The molecule has 0 saturated heterocycles. The highest BCUT2D eigenvalue weighted by Gasteiger charge is 2.00. The van der Waals surface area contributed by atoms with Crippen LogP contribution in [0.25, 0.3) is 0 Å². The minimum Gasteiger partial charge on any atom is -0.487 e. The Labute approximate surface area is 83.9 Å². The number of anilines is 1. The van der Waals surface area contributed by atoms with Gasteiger partial charge in [0.1, 0.15) is 12.4 Å². The highest BCUT2D eigenvalue weighted by Crippen LogP contribution is 2.23. The van der Waals surface area contributed by atoms with E-state index in [1.165, 1.54) is 0 Å². The monoisotopic (exact) mass is 187 g/mol. The summed E-state index contributed by atoms with van der Waals surface area (Å²) >= 11 is 0. The third-order valence-corrected chi connectivity index (χ3v) is 2.02. The largest absolute Gasteiger partial charge is 0.487 e. The summed E-state index contributed by atoms with van der Waals surface area (Å²) in [6.45, 7) is 1.44. The summed E-state index contributed by atoms with van der Waals surface area (Å²) < 4.78 is 5.58. The first-order valence-corrected chi connectivity index (χ1v) is 4.74. The molecule has 0 atom stereocenters. The number of fused-ring (bicyclic) bond motifs is 1. The van der Waals surface area contributed by atoms with Gasteiger partial charge in [0, 0.05) is 6.54 Å². The Morgan fingerprint density at radius 3 is 2.93 bits per heavy atom. The lowest BCUT2D eigenvalue weighted by Crippen LogP contribution is -2.03. The number of rotatable bonds is 0. The number of para-hydroxylation sites is 2. The fraction of sp³-hybridized carbons (Fsp3) is 0.167. The highest BCUT2D eigenvalue weighted by atomic mass is 16.5. The molecule has 1 aliphatic rings. The van der Waals surface area contributed by atoms with Crippen molar-refractivity contribution in [3.63, 3.8) is 0 Å². The summed E-state index contributed by atoms with van der Waals surface area (Å²) in [4.78, 5) is 0. The van der Waals surface area contributed by atoms with E-state index >= 15 is 0 Å². The Morgan fingerprint density at radius 1 is 1.07 bits per heavy atom. The van der Waals surface area contributed by atoms with Gasteiger partial charge in [-0.05, 0) is 18.2 Å². The lowest BCUT2D eigenvalue weighted by atomic mass is 10.3. The molecule has 1 aromatic rings. The molecule has 1 heterocycles. The van der Waals surface area contributed by atoms with Gasteiger partial charge in [0.05, 0.1) is 5.69 Å². The van der Waals surface area contributed by atoms with Crippen LogP contribution in [-0.2, 0) is 0 Å². The van der Waals surface area contributed by atoms with Gasteiger partial charge >= 0.3 is 0 Å². The van der Waals surface area contributed by atoms with Gasteiger partial charge in [-0.2, -0.15) is 0 Å². The third-order valence-electron chi connectivity index (χ3n) is 2.02. The summed E-state index contributed by atoms with van der Waals surface area (Å²) in [5, 5.41) is 3.29. The maximum Gasteiger partial charge on any atom is 0.142 e. The van der Waals surface area contributed by atoms with Crippen molar-refractivity contribution in [2.75, 3.05) is 18.5 Å². The molecule has 2 nitrogen and oxygen atoms in total. The van der Waals surface area contributed by atoms with Crippen molar-refractivity contribution in [3.8, 4) is 5.75 Å². The summed E-state index contributed by atoms with van der Waals surface area (Å²) in [6.07, 6.45) is 8.09. The van der Waals surface area contributed by atoms with Crippen LogP contribution in [0.5, 0.6) is 5.75 Å². The fourth-order valence-electron chi connectivity index (χ4n) is 1.33. The predicted molar refractivity (Wildman–Crippen MR) is 58.7 cm³/mol. The van der Waals surface area contributed by atoms with Crippen molar-refractivity contribution in [1.29, 1.82) is 0 Å². The zero-order valence-electron chi connectivity index (χ0n) is 7.94. The van der Waals surface area contributed by atoms with Gasteiger partial charge in [-0.15, -0.1) is 0 Å². The number of hydrogen-bond acceptors (Lipinski definition) is 2. The molecule has 2 rings (SSSR count). The van der Waals surface area contributed by atoms with Gasteiger partial charge in [0.15, 0.2) is 0 Å². The maximum atomic E-state index is 5.58. The molecule has 1 N–H and O–H groups in total. The Balaban J connectivity index is 2.22. The van der Waals surface area contributed by atoms with E-state index < -0.39 is 0 Å². The SMILES string of the molecule is C1=C\CNc2ccccc2OC\C=C/1. The second-order valence-electron chi connectivity index (χ2n) is 3.04. The van der Waals surface area contributed by atoms with Gasteiger partial charge < -0.3 is 10.1 Å². The lowest BCUT2D eigenvalue weighted by Gasteiger charge is -2.11. The second kappa shape index (κ2) is 4.51. The van der Waals surface area contributed by atoms with Crippen molar-refractivity contribution in [2.24, 2.45) is 0 Å². The molecule has 2 heteroatoms. The number of nitrogens with one attached hydrogen (secondary N) is 1. The summed E-state index contributed by atoms with van der Waals surface area (Å²) in [7, 11) is 0. The molecule has 14 heavy (non-hydrogen) atoms. The Hall–Kier alpha value is -1.70. The standard InChI is InChI=1S/C12H13NO/c1-2-6-10-14-12-8-4-3-7-11(12)13-9-5-1/h1-8,13H,9-10H2/b5-1-,6-2-. The van der Waals surface area contributed by atoms with Gasteiger partial charge in [-0.1, -0.05) is 30.4 Å². The molecule has 0 bridgehead atoms. The first-order valence-electron chi connectivity index (χ1n) is 4.74. The van der Waals surface area contributed by atoms with Crippen molar-refractivity contribution in [1.82, 2.24) is 0 Å². The smallest absolute Gasteiger partial charge is 0.142 e. The van der Waals surface area contributed by atoms with Crippen LogP contribution in [0.3, 0.4) is 0 Å². The highest BCUT2D eigenvalue weighted by molar-refractivity contribution is 5.56. The quantitative estimate of drug-likeness (QED) is 0.674. The maximum absolute atomic E-state index is 5.58. The number of benzene rings is 1. The van der Waals surface area contributed by atoms with Crippen LogP contribution in [0, 0.1) is 0 Å². The Bertz CT molecular complexity index is 320. The second-order valence-corrected chi connectivity index (χ2v) is 3.04. The zero-order chi connectivity index (χ0) is 9.64. The van der Waals surface area contributed by atoms with Crippen LogP contribution in [0.4, 0.5) is 5.69 Å². The van der Waals surface area contributed by atoms with E-state index in [4.69, 9.17) is 4.74 Å². The Kier molecular flexibility index (Phi) is 2.86. The van der Waals surface area contributed by atoms with Gasteiger partial charge in [0.25, 0.3) is 0 Å². The molecule has 1 aromatic carbocycles. The van der Waals surface area contributed by atoms with Gasteiger partial charge in [-0.3, -0.25) is 0 Å². The number of allylic oxidation sites excluding steroid dienone is 2. The topological polar surface area (TPSA) is 21.3 Å². The molecule has 0 unspecified atom stereocenters. The van der Waals surface area contributed by atoms with Crippen molar-refractivity contribution in [3.05, 3.63) is 48.6 Å². The first-order chi connectivity index (χ1) is 6.97. The van der Waals surface area contributed by atoms with Crippen LogP contribution in [0.15, 0.2) is 48.6 Å². The molecule has 0 spiro atoms. The summed E-state index contributed by atoms with van der Waals surface area (Å²) in [5.41, 5.74) is 1.05. The average Bonchev–Trinajstić information content (AvgIpc) is 2.25. The number of ether oxygens (including phenoxy) is 1. The van der Waals surface area contributed by atoms with E-state index in [2.05, 4.69) is 11.4 Å². The molecule has 0 radical (unpaired) electrons. The van der Waals surface area contributed by atoms with Crippen molar-refractivity contribution < 1.29 is 4.74 Å². The minimum atomic E-state index is 0.614. The normalized spacial score (nSPS) is 19.7. The van der Waals surface area contributed by atoms with Gasteiger partial charge in [0.2, 0.25) is 0 Å². The van der Waals surface area contributed by atoms with Gasteiger partial charge in [-0.25, -0.2) is 0 Å². The molecule has 0 saturated carbocycles. The van der Waals surface area contributed by atoms with E-state index in [1.807, 2.05) is 42.5 Å². The van der Waals surface area contributed by atoms with E-state index in [0.717, 1.165) is 18.0 Å². The summed E-state index contributed by atoms with van der Waals surface area (Å²) in [6, 6.07) is 7.97. The molecule has 0 aliphatic carbocycles.